The van der Waals surface area contributed by atoms with Gasteiger partial charge in [-0.3, -0.25) is 14.8 Å². The number of rotatable bonds is 4. The van der Waals surface area contributed by atoms with Gasteiger partial charge in [0, 0.05) is 42.7 Å². The molecule has 1 amide bonds. The number of halogens is 1. The van der Waals surface area contributed by atoms with Crippen LogP contribution in [0.2, 0.25) is 0 Å². The second kappa shape index (κ2) is 8.30. The van der Waals surface area contributed by atoms with E-state index in [4.69, 9.17) is 4.98 Å². The van der Waals surface area contributed by atoms with Gasteiger partial charge >= 0.3 is 0 Å². The van der Waals surface area contributed by atoms with E-state index >= 15 is 0 Å². The average Bonchev–Trinajstić information content (AvgIpc) is 2.75. The van der Waals surface area contributed by atoms with Gasteiger partial charge in [-0.2, -0.15) is 0 Å². The Morgan fingerprint density at radius 2 is 1.89 bits per heavy atom. The number of carbonyl (C=O) groups excluding carboxylic acids is 1. The molecule has 28 heavy (non-hydrogen) atoms. The molecule has 4 nitrogen and oxygen atoms in total. The second-order valence-electron chi connectivity index (χ2n) is 7.14. The van der Waals surface area contributed by atoms with Crippen LogP contribution in [0.15, 0.2) is 67.0 Å². The quantitative estimate of drug-likeness (QED) is 0.685. The molecule has 142 valence electrons. The number of benzene rings is 1. The number of carbonyl (C=O) groups is 1. The van der Waals surface area contributed by atoms with Crippen LogP contribution < -0.4 is 0 Å². The molecule has 0 N–H and O–H groups in total. The molecule has 1 fully saturated rings. The molecule has 5 heteroatoms. The molecule has 1 atom stereocenters. The Labute approximate surface area is 164 Å². The van der Waals surface area contributed by atoms with E-state index in [1.807, 2.05) is 41.3 Å². The third-order valence-electron chi connectivity index (χ3n) is 5.22. The smallest absolute Gasteiger partial charge is 0.227 e. The zero-order valence-electron chi connectivity index (χ0n) is 15.6. The van der Waals surface area contributed by atoms with Crippen molar-refractivity contribution in [3.8, 4) is 11.3 Å². The first kappa shape index (κ1) is 18.3. The van der Waals surface area contributed by atoms with Gasteiger partial charge in [0.2, 0.25) is 5.91 Å². The van der Waals surface area contributed by atoms with Gasteiger partial charge in [0.15, 0.2) is 0 Å². The largest absolute Gasteiger partial charge is 0.342 e. The van der Waals surface area contributed by atoms with E-state index < -0.39 is 0 Å². The summed E-state index contributed by atoms with van der Waals surface area (Å²) in [6.07, 6.45) is 5.72. The molecule has 0 bridgehead atoms. The van der Waals surface area contributed by atoms with Crippen LogP contribution in [0.4, 0.5) is 4.39 Å². The fraction of sp³-hybridized carbons (Fsp3) is 0.261. The predicted octanol–water partition coefficient (Wildman–Crippen LogP) is 4.23. The lowest BCUT2D eigenvalue weighted by Gasteiger charge is -2.32. The molecule has 0 radical (unpaired) electrons. The monoisotopic (exact) mass is 375 g/mol. The maximum Gasteiger partial charge on any atom is 0.227 e. The molecule has 0 unspecified atom stereocenters. The topological polar surface area (TPSA) is 46.1 Å². The molecule has 0 aliphatic carbocycles. The SMILES string of the molecule is O=C(Cc1ccncc1)N1CCC[C@@H](c2cccc(-c3ccccc3F)n2)C1. The Morgan fingerprint density at radius 3 is 2.71 bits per heavy atom. The number of hydrogen-bond acceptors (Lipinski definition) is 3. The van der Waals surface area contributed by atoms with Crippen LogP contribution >= 0.6 is 0 Å². The Morgan fingerprint density at radius 1 is 1.07 bits per heavy atom. The summed E-state index contributed by atoms with van der Waals surface area (Å²) in [4.78, 5) is 23.4. The average molecular weight is 375 g/mol. The highest BCUT2D eigenvalue weighted by Gasteiger charge is 2.26. The first-order valence-corrected chi connectivity index (χ1v) is 9.59. The summed E-state index contributed by atoms with van der Waals surface area (Å²) < 4.78 is 14.1. The minimum atomic E-state index is -0.273. The van der Waals surface area contributed by atoms with E-state index in [1.54, 1.807) is 24.5 Å². The summed E-state index contributed by atoms with van der Waals surface area (Å²) in [5, 5.41) is 0. The van der Waals surface area contributed by atoms with Crippen molar-refractivity contribution >= 4 is 5.91 Å². The number of aromatic nitrogens is 2. The highest BCUT2D eigenvalue weighted by molar-refractivity contribution is 5.79. The normalized spacial score (nSPS) is 16.8. The van der Waals surface area contributed by atoms with E-state index in [-0.39, 0.29) is 17.6 Å². The third kappa shape index (κ3) is 4.09. The molecule has 3 aromatic rings. The van der Waals surface area contributed by atoms with Gasteiger partial charge in [-0.15, -0.1) is 0 Å². The van der Waals surface area contributed by atoms with Crippen LogP contribution in [0.25, 0.3) is 11.3 Å². The van der Waals surface area contributed by atoms with Crippen molar-refractivity contribution in [3.05, 3.63) is 84.1 Å². The molecule has 1 aromatic carbocycles. The lowest BCUT2D eigenvalue weighted by Crippen LogP contribution is -2.40. The predicted molar refractivity (Wildman–Crippen MR) is 106 cm³/mol. The molecule has 3 heterocycles. The van der Waals surface area contributed by atoms with Crippen molar-refractivity contribution in [1.82, 2.24) is 14.9 Å². The molecular formula is C23H22FN3O. The summed E-state index contributed by atoms with van der Waals surface area (Å²) in [5.41, 5.74) is 3.03. The van der Waals surface area contributed by atoms with Gasteiger partial charge in [0.25, 0.3) is 0 Å². The minimum absolute atomic E-state index is 0.126. The Bertz CT molecular complexity index is 961. The highest BCUT2D eigenvalue weighted by Crippen LogP contribution is 2.28. The molecule has 0 spiro atoms. The molecule has 0 saturated carbocycles. The van der Waals surface area contributed by atoms with Crippen molar-refractivity contribution in [1.29, 1.82) is 0 Å². The number of piperidine rings is 1. The second-order valence-corrected chi connectivity index (χ2v) is 7.14. The van der Waals surface area contributed by atoms with Crippen molar-refractivity contribution in [2.24, 2.45) is 0 Å². The van der Waals surface area contributed by atoms with Gasteiger partial charge in [0.05, 0.1) is 12.1 Å². The Kier molecular flexibility index (Phi) is 5.42. The first-order valence-electron chi connectivity index (χ1n) is 9.59. The molecule has 1 aliphatic heterocycles. The number of amides is 1. The van der Waals surface area contributed by atoms with Crippen LogP contribution in [0.1, 0.15) is 30.0 Å². The van der Waals surface area contributed by atoms with E-state index in [9.17, 15) is 9.18 Å². The van der Waals surface area contributed by atoms with Gasteiger partial charge in [-0.05, 0) is 54.8 Å². The standard InChI is InChI=1S/C23H22FN3O/c24-20-7-2-1-6-19(20)22-9-3-8-21(26-22)18-5-4-14-27(16-18)23(28)15-17-10-12-25-13-11-17/h1-3,6-13,18H,4-5,14-16H2/t18-/m1/s1. The highest BCUT2D eigenvalue weighted by atomic mass is 19.1. The number of nitrogens with zero attached hydrogens (tertiary/aromatic N) is 3. The van der Waals surface area contributed by atoms with E-state index in [1.165, 1.54) is 6.07 Å². The summed E-state index contributed by atoms with van der Waals surface area (Å²) >= 11 is 0. The van der Waals surface area contributed by atoms with Crippen molar-refractivity contribution in [3.63, 3.8) is 0 Å². The molecule has 1 saturated heterocycles. The Hall–Kier alpha value is -3.08. The van der Waals surface area contributed by atoms with Crippen LogP contribution in [-0.4, -0.2) is 33.9 Å². The van der Waals surface area contributed by atoms with E-state index in [0.29, 0.717) is 24.2 Å². The zero-order chi connectivity index (χ0) is 19.3. The maximum atomic E-state index is 14.1. The molecule has 1 aliphatic rings. The summed E-state index contributed by atoms with van der Waals surface area (Å²) in [7, 11) is 0. The third-order valence-corrected chi connectivity index (χ3v) is 5.22. The van der Waals surface area contributed by atoms with Gasteiger partial charge in [-0.25, -0.2) is 4.39 Å². The lowest BCUT2D eigenvalue weighted by atomic mass is 9.93. The van der Waals surface area contributed by atoms with Crippen LogP contribution in [-0.2, 0) is 11.2 Å². The number of pyridine rings is 2. The van der Waals surface area contributed by atoms with Crippen molar-refractivity contribution < 1.29 is 9.18 Å². The maximum absolute atomic E-state index is 14.1. The van der Waals surface area contributed by atoms with Crippen LogP contribution in [0.5, 0.6) is 0 Å². The van der Waals surface area contributed by atoms with Crippen molar-refractivity contribution in [2.75, 3.05) is 13.1 Å². The fourth-order valence-corrected chi connectivity index (χ4v) is 3.73. The van der Waals surface area contributed by atoms with Gasteiger partial charge < -0.3 is 4.90 Å². The van der Waals surface area contributed by atoms with Crippen LogP contribution in [0, 0.1) is 5.82 Å². The van der Waals surface area contributed by atoms with Crippen LogP contribution in [0.3, 0.4) is 0 Å². The van der Waals surface area contributed by atoms with Crippen molar-refractivity contribution in [2.45, 2.75) is 25.2 Å². The lowest BCUT2D eigenvalue weighted by molar-refractivity contribution is -0.131. The first-order chi connectivity index (χ1) is 13.7. The fourth-order valence-electron chi connectivity index (χ4n) is 3.73. The zero-order valence-corrected chi connectivity index (χ0v) is 15.6. The summed E-state index contributed by atoms with van der Waals surface area (Å²) in [6, 6.07) is 16.2. The summed E-state index contributed by atoms with van der Waals surface area (Å²) in [5.74, 6) is 0.0213. The Balaban J connectivity index is 1.50. The number of hydrogen-bond donors (Lipinski definition) is 0. The van der Waals surface area contributed by atoms with E-state index in [0.717, 1.165) is 30.6 Å². The minimum Gasteiger partial charge on any atom is -0.342 e. The van der Waals surface area contributed by atoms with Gasteiger partial charge in [0.1, 0.15) is 5.82 Å². The molecular weight excluding hydrogens is 353 g/mol. The number of likely N-dealkylation sites (tertiary alicyclic amines) is 1. The summed E-state index contributed by atoms with van der Waals surface area (Å²) in [6.45, 7) is 1.42. The van der Waals surface area contributed by atoms with E-state index in [2.05, 4.69) is 4.98 Å². The molecule has 2 aromatic heterocycles. The van der Waals surface area contributed by atoms with Gasteiger partial charge in [-0.1, -0.05) is 18.2 Å². The molecule has 4 rings (SSSR count).